The Morgan fingerprint density at radius 1 is 1.26 bits per heavy atom. The van der Waals surface area contributed by atoms with Crippen molar-refractivity contribution in [2.45, 2.75) is 45.4 Å². The van der Waals surface area contributed by atoms with Crippen LogP contribution in [0.2, 0.25) is 0 Å². The number of aliphatic imine (C=N–C) groups is 1. The van der Waals surface area contributed by atoms with Crippen molar-refractivity contribution in [3.05, 3.63) is 29.8 Å². The Morgan fingerprint density at radius 2 is 1.89 bits per heavy atom. The van der Waals surface area contributed by atoms with Gasteiger partial charge in [-0.25, -0.2) is 4.99 Å². The molecule has 1 saturated heterocycles. The SMILES string of the molecule is CC1CN(CCCNC(N)=NCc2ccc(OC(F)(F)F)cc2)CC(C)O1. The lowest BCUT2D eigenvalue weighted by Crippen LogP contribution is -2.46. The molecule has 0 aromatic heterocycles. The van der Waals surface area contributed by atoms with Crippen molar-refractivity contribution in [3.63, 3.8) is 0 Å². The van der Waals surface area contributed by atoms with Gasteiger partial charge in [-0.15, -0.1) is 13.2 Å². The first-order chi connectivity index (χ1) is 12.7. The average Bonchev–Trinajstić information content (AvgIpc) is 2.56. The monoisotopic (exact) mass is 388 g/mol. The third kappa shape index (κ3) is 8.49. The molecule has 0 radical (unpaired) electrons. The normalized spacial score (nSPS) is 21.9. The number of nitrogens with two attached hydrogens (primary N) is 1. The van der Waals surface area contributed by atoms with Crippen molar-refractivity contribution in [2.24, 2.45) is 10.7 Å². The van der Waals surface area contributed by atoms with Gasteiger partial charge in [0.25, 0.3) is 0 Å². The molecule has 1 heterocycles. The van der Waals surface area contributed by atoms with E-state index in [0.717, 1.165) is 31.6 Å². The van der Waals surface area contributed by atoms with E-state index >= 15 is 0 Å². The quantitative estimate of drug-likeness (QED) is 0.427. The van der Waals surface area contributed by atoms with E-state index < -0.39 is 6.36 Å². The predicted molar refractivity (Wildman–Crippen MR) is 97.5 cm³/mol. The molecular formula is C18H27F3N4O2. The molecule has 6 nitrogen and oxygen atoms in total. The molecule has 1 aliphatic heterocycles. The van der Waals surface area contributed by atoms with Gasteiger partial charge in [-0.05, 0) is 38.0 Å². The number of guanidine groups is 1. The Balaban J connectivity index is 1.67. The fourth-order valence-corrected chi connectivity index (χ4v) is 3.01. The van der Waals surface area contributed by atoms with Crippen LogP contribution in [0, 0.1) is 0 Å². The van der Waals surface area contributed by atoms with E-state index in [0.29, 0.717) is 12.5 Å². The maximum Gasteiger partial charge on any atom is 0.573 e. The lowest BCUT2D eigenvalue weighted by molar-refractivity contribution is -0.274. The van der Waals surface area contributed by atoms with E-state index in [4.69, 9.17) is 10.5 Å². The highest BCUT2D eigenvalue weighted by Crippen LogP contribution is 2.22. The van der Waals surface area contributed by atoms with E-state index in [-0.39, 0.29) is 24.5 Å². The fourth-order valence-electron chi connectivity index (χ4n) is 3.01. The number of halogens is 3. The Morgan fingerprint density at radius 3 is 2.48 bits per heavy atom. The van der Waals surface area contributed by atoms with Crippen LogP contribution in [0.5, 0.6) is 5.75 Å². The predicted octanol–water partition coefficient (Wildman–Crippen LogP) is 2.49. The standard InChI is InChI=1S/C18H27F3N4O2/c1-13-11-25(12-14(2)26-13)9-3-8-23-17(22)24-10-15-4-6-16(7-5-15)27-18(19,20)21/h4-7,13-14H,3,8-12H2,1-2H3,(H3,22,23,24). The summed E-state index contributed by atoms with van der Waals surface area (Å²) in [5, 5.41) is 3.05. The zero-order valence-corrected chi connectivity index (χ0v) is 15.6. The molecule has 9 heteroatoms. The lowest BCUT2D eigenvalue weighted by Gasteiger charge is -2.35. The highest BCUT2D eigenvalue weighted by Gasteiger charge is 2.30. The smallest absolute Gasteiger partial charge is 0.406 e. The van der Waals surface area contributed by atoms with Crippen LogP contribution >= 0.6 is 0 Å². The molecule has 0 saturated carbocycles. The molecule has 2 atom stereocenters. The van der Waals surface area contributed by atoms with Gasteiger partial charge in [0, 0.05) is 26.2 Å². The van der Waals surface area contributed by atoms with E-state index in [9.17, 15) is 13.2 Å². The number of hydrogen-bond acceptors (Lipinski definition) is 4. The number of nitrogens with zero attached hydrogens (tertiary/aromatic N) is 2. The van der Waals surface area contributed by atoms with Crippen molar-refractivity contribution in [2.75, 3.05) is 26.2 Å². The van der Waals surface area contributed by atoms with Crippen LogP contribution in [0.1, 0.15) is 25.8 Å². The molecule has 2 rings (SSSR count). The van der Waals surface area contributed by atoms with E-state index in [1.165, 1.54) is 24.3 Å². The topological polar surface area (TPSA) is 72.1 Å². The maximum atomic E-state index is 12.1. The van der Waals surface area contributed by atoms with Crippen molar-refractivity contribution in [3.8, 4) is 5.75 Å². The van der Waals surface area contributed by atoms with Gasteiger partial charge in [-0.1, -0.05) is 12.1 Å². The second-order valence-electron chi connectivity index (χ2n) is 6.69. The summed E-state index contributed by atoms with van der Waals surface area (Å²) >= 11 is 0. The number of ether oxygens (including phenoxy) is 2. The Bertz CT molecular complexity index is 598. The van der Waals surface area contributed by atoms with Crippen LogP contribution in [-0.2, 0) is 11.3 Å². The van der Waals surface area contributed by atoms with Gasteiger partial charge < -0.3 is 20.5 Å². The van der Waals surface area contributed by atoms with Gasteiger partial charge in [0.15, 0.2) is 5.96 Å². The van der Waals surface area contributed by atoms with Gasteiger partial charge in [-0.3, -0.25) is 4.90 Å². The third-order valence-corrected chi connectivity index (χ3v) is 4.04. The summed E-state index contributed by atoms with van der Waals surface area (Å²) in [5.74, 6) is 0.0578. The van der Waals surface area contributed by atoms with Gasteiger partial charge >= 0.3 is 6.36 Å². The zero-order chi connectivity index (χ0) is 19.9. The van der Waals surface area contributed by atoms with Gasteiger partial charge in [0.1, 0.15) is 5.75 Å². The Hall–Kier alpha value is -2.00. The van der Waals surface area contributed by atoms with Crippen LogP contribution in [0.25, 0.3) is 0 Å². The van der Waals surface area contributed by atoms with Gasteiger partial charge in [-0.2, -0.15) is 0 Å². The number of benzene rings is 1. The lowest BCUT2D eigenvalue weighted by atomic mass is 10.2. The molecule has 0 amide bonds. The van der Waals surface area contributed by atoms with E-state index in [2.05, 4.69) is 33.8 Å². The van der Waals surface area contributed by atoms with E-state index in [1.807, 2.05) is 0 Å². The van der Waals surface area contributed by atoms with Crippen molar-refractivity contribution in [1.29, 1.82) is 0 Å². The molecule has 0 spiro atoms. The van der Waals surface area contributed by atoms with Crippen LogP contribution in [0.4, 0.5) is 13.2 Å². The third-order valence-electron chi connectivity index (χ3n) is 4.04. The first kappa shape index (κ1) is 21.3. The summed E-state index contributed by atoms with van der Waals surface area (Å²) in [7, 11) is 0. The minimum absolute atomic E-state index is 0.251. The summed E-state index contributed by atoms with van der Waals surface area (Å²) in [6, 6.07) is 5.57. The first-order valence-corrected chi connectivity index (χ1v) is 8.97. The molecule has 0 bridgehead atoms. The molecule has 1 fully saturated rings. The van der Waals surface area contributed by atoms with Crippen LogP contribution < -0.4 is 15.8 Å². The Kier molecular flexibility index (Phi) is 7.73. The number of rotatable bonds is 7. The highest BCUT2D eigenvalue weighted by atomic mass is 19.4. The second-order valence-corrected chi connectivity index (χ2v) is 6.69. The summed E-state index contributed by atoms with van der Waals surface area (Å²) < 4.78 is 45.9. The van der Waals surface area contributed by atoms with Crippen LogP contribution in [0.3, 0.4) is 0 Å². The first-order valence-electron chi connectivity index (χ1n) is 8.97. The molecule has 1 aromatic carbocycles. The summed E-state index contributed by atoms with van der Waals surface area (Å²) in [5.41, 5.74) is 6.57. The van der Waals surface area contributed by atoms with Crippen LogP contribution in [0.15, 0.2) is 29.3 Å². The zero-order valence-electron chi connectivity index (χ0n) is 15.6. The number of morpholine rings is 1. The van der Waals surface area contributed by atoms with Gasteiger partial charge in [0.2, 0.25) is 0 Å². The minimum atomic E-state index is -4.69. The second kappa shape index (κ2) is 9.80. The van der Waals surface area contributed by atoms with Crippen molar-refractivity contribution >= 4 is 5.96 Å². The summed E-state index contributed by atoms with van der Waals surface area (Å²) in [4.78, 5) is 6.57. The molecule has 3 N–H and O–H groups in total. The molecule has 27 heavy (non-hydrogen) atoms. The van der Waals surface area contributed by atoms with Crippen molar-refractivity contribution in [1.82, 2.24) is 10.2 Å². The van der Waals surface area contributed by atoms with Crippen LogP contribution in [-0.4, -0.2) is 55.6 Å². The molecule has 2 unspecified atom stereocenters. The molecular weight excluding hydrogens is 361 g/mol. The molecule has 1 aromatic rings. The van der Waals surface area contributed by atoms with E-state index in [1.54, 1.807) is 0 Å². The Labute approximate surface area is 157 Å². The average molecular weight is 388 g/mol. The van der Waals surface area contributed by atoms with Gasteiger partial charge in [0.05, 0.1) is 18.8 Å². The fraction of sp³-hybridized carbons (Fsp3) is 0.611. The summed E-state index contributed by atoms with van der Waals surface area (Å²) in [6.45, 7) is 7.96. The molecule has 1 aliphatic rings. The maximum absolute atomic E-state index is 12.1. The van der Waals surface area contributed by atoms with Crippen molar-refractivity contribution < 1.29 is 22.6 Å². The molecule has 0 aliphatic carbocycles. The largest absolute Gasteiger partial charge is 0.573 e. The minimum Gasteiger partial charge on any atom is -0.406 e. The summed E-state index contributed by atoms with van der Waals surface area (Å²) in [6.07, 6.45) is -3.26. The number of nitrogens with one attached hydrogen (secondary N) is 1. The highest BCUT2D eigenvalue weighted by molar-refractivity contribution is 5.77. The number of alkyl halides is 3. The molecule has 152 valence electrons. The number of hydrogen-bond donors (Lipinski definition) is 2.